The molecular formula is C22H32FN5O. The first kappa shape index (κ1) is 21.5. The van der Waals surface area contributed by atoms with Crippen molar-refractivity contribution in [1.82, 2.24) is 15.6 Å². The van der Waals surface area contributed by atoms with Crippen LogP contribution in [0.1, 0.15) is 49.5 Å². The Morgan fingerprint density at radius 3 is 2.62 bits per heavy atom. The number of fused-ring (bicyclic) bond motifs is 1. The van der Waals surface area contributed by atoms with Gasteiger partial charge < -0.3 is 21.3 Å². The summed E-state index contributed by atoms with van der Waals surface area (Å²) in [7, 11) is 0. The van der Waals surface area contributed by atoms with Gasteiger partial charge in [-0.3, -0.25) is 4.79 Å². The summed E-state index contributed by atoms with van der Waals surface area (Å²) in [4.78, 5) is 19.7. The molecule has 0 saturated carbocycles. The molecule has 4 N–H and O–H groups in total. The summed E-state index contributed by atoms with van der Waals surface area (Å²) >= 11 is 0. The zero-order chi connectivity index (χ0) is 21.1. The smallest absolute Gasteiger partial charge is 0.256 e. The Morgan fingerprint density at radius 1 is 1.31 bits per heavy atom. The van der Waals surface area contributed by atoms with Gasteiger partial charge in [0.2, 0.25) is 0 Å². The highest BCUT2D eigenvalue weighted by atomic mass is 19.1. The molecule has 0 spiro atoms. The van der Waals surface area contributed by atoms with Gasteiger partial charge in [-0.1, -0.05) is 13.8 Å². The minimum atomic E-state index is -0.466. The Bertz CT molecular complexity index is 875. The van der Waals surface area contributed by atoms with Gasteiger partial charge in [0.1, 0.15) is 11.6 Å². The van der Waals surface area contributed by atoms with Crippen molar-refractivity contribution in [2.45, 2.75) is 52.7 Å². The van der Waals surface area contributed by atoms with E-state index in [4.69, 9.17) is 10.7 Å². The van der Waals surface area contributed by atoms with E-state index >= 15 is 0 Å². The highest BCUT2D eigenvalue weighted by molar-refractivity contribution is 6.03. The van der Waals surface area contributed by atoms with E-state index in [0.717, 1.165) is 37.9 Å². The van der Waals surface area contributed by atoms with Crippen molar-refractivity contribution >= 4 is 22.6 Å². The Hall–Kier alpha value is -2.25. The topological polar surface area (TPSA) is 83.3 Å². The third kappa shape index (κ3) is 5.03. The molecule has 158 valence electrons. The van der Waals surface area contributed by atoms with Crippen LogP contribution in [0, 0.1) is 18.7 Å². The summed E-state index contributed by atoms with van der Waals surface area (Å²) < 4.78 is 14.1. The first-order valence-corrected chi connectivity index (χ1v) is 10.4. The Labute approximate surface area is 172 Å². The number of anilines is 1. The number of hydrogen-bond acceptors (Lipinski definition) is 5. The summed E-state index contributed by atoms with van der Waals surface area (Å²) in [5.74, 6) is 0.667. The third-order valence-corrected chi connectivity index (χ3v) is 5.37. The number of hydrogen-bond donors (Lipinski definition) is 3. The average molecular weight is 402 g/mol. The third-order valence-electron chi connectivity index (χ3n) is 5.37. The molecule has 3 rings (SSSR count). The zero-order valence-electron chi connectivity index (χ0n) is 17.8. The molecule has 1 fully saturated rings. The van der Waals surface area contributed by atoms with Gasteiger partial charge in [0.25, 0.3) is 5.91 Å². The number of amides is 1. The van der Waals surface area contributed by atoms with Gasteiger partial charge >= 0.3 is 0 Å². The van der Waals surface area contributed by atoms with Crippen molar-refractivity contribution in [3.8, 4) is 0 Å². The van der Waals surface area contributed by atoms with E-state index < -0.39 is 6.17 Å². The fourth-order valence-corrected chi connectivity index (χ4v) is 3.74. The van der Waals surface area contributed by atoms with E-state index in [1.165, 1.54) is 6.07 Å². The molecule has 0 aliphatic carbocycles. The van der Waals surface area contributed by atoms with Gasteiger partial charge in [0.15, 0.2) is 0 Å². The highest BCUT2D eigenvalue weighted by Crippen LogP contribution is 2.29. The molecule has 1 unspecified atom stereocenters. The maximum Gasteiger partial charge on any atom is 0.256 e. The second kappa shape index (κ2) is 9.05. The normalized spacial score (nSPS) is 16.4. The molecule has 1 aromatic heterocycles. The molecule has 7 heteroatoms. The quantitative estimate of drug-likeness (QED) is 0.648. The molecule has 1 aliphatic heterocycles. The maximum atomic E-state index is 14.1. The van der Waals surface area contributed by atoms with E-state index in [-0.39, 0.29) is 11.7 Å². The fraction of sp³-hybridized carbons (Fsp3) is 0.545. The number of aromatic nitrogens is 1. The summed E-state index contributed by atoms with van der Waals surface area (Å²) in [6.45, 7) is 10.4. The maximum absolute atomic E-state index is 14.1. The second-order valence-corrected chi connectivity index (χ2v) is 8.43. The van der Waals surface area contributed by atoms with Crippen LogP contribution < -0.4 is 21.3 Å². The lowest BCUT2D eigenvalue weighted by atomic mass is 10.0. The van der Waals surface area contributed by atoms with Crippen LogP contribution in [0.15, 0.2) is 18.2 Å². The van der Waals surface area contributed by atoms with Crippen LogP contribution in [0.4, 0.5) is 10.2 Å². The number of nitrogens with zero attached hydrogens (tertiary/aromatic N) is 2. The lowest BCUT2D eigenvalue weighted by molar-refractivity contribution is 0.0941. The van der Waals surface area contributed by atoms with Crippen LogP contribution >= 0.6 is 0 Å². The van der Waals surface area contributed by atoms with E-state index in [9.17, 15) is 9.18 Å². The van der Waals surface area contributed by atoms with Gasteiger partial charge in [0, 0.05) is 30.1 Å². The van der Waals surface area contributed by atoms with Crippen LogP contribution in [0.3, 0.4) is 0 Å². The van der Waals surface area contributed by atoms with Gasteiger partial charge in [-0.25, -0.2) is 9.37 Å². The second-order valence-electron chi connectivity index (χ2n) is 8.43. The summed E-state index contributed by atoms with van der Waals surface area (Å²) in [5.41, 5.74) is 7.34. The number of halogens is 1. The predicted molar refractivity (Wildman–Crippen MR) is 116 cm³/mol. The Morgan fingerprint density at radius 2 is 2.00 bits per heavy atom. The van der Waals surface area contributed by atoms with Crippen molar-refractivity contribution in [3.05, 3.63) is 35.1 Å². The molecular weight excluding hydrogens is 369 g/mol. The van der Waals surface area contributed by atoms with E-state index in [1.54, 1.807) is 26.0 Å². The number of piperidine rings is 1. The van der Waals surface area contributed by atoms with Crippen molar-refractivity contribution in [2.75, 3.05) is 24.5 Å². The van der Waals surface area contributed by atoms with E-state index in [0.29, 0.717) is 34.4 Å². The number of nitrogens with two attached hydrogens (primary N) is 1. The Kier molecular flexibility index (Phi) is 6.70. The van der Waals surface area contributed by atoms with Crippen LogP contribution in [0.2, 0.25) is 0 Å². The fourth-order valence-electron chi connectivity index (χ4n) is 3.74. The highest BCUT2D eigenvalue weighted by Gasteiger charge is 2.25. The molecule has 29 heavy (non-hydrogen) atoms. The van der Waals surface area contributed by atoms with Gasteiger partial charge in [-0.2, -0.15) is 0 Å². The van der Waals surface area contributed by atoms with Gasteiger partial charge in [-0.05, 0) is 57.4 Å². The van der Waals surface area contributed by atoms with Gasteiger partial charge in [0.05, 0.1) is 17.2 Å². The number of rotatable bonds is 6. The monoisotopic (exact) mass is 401 g/mol. The van der Waals surface area contributed by atoms with Gasteiger partial charge in [-0.15, -0.1) is 0 Å². The summed E-state index contributed by atoms with van der Waals surface area (Å²) in [6.07, 6.45) is 1.48. The number of aryl methyl sites for hydroxylation is 1. The molecule has 2 aromatic rings. The first-order chi connectivity index (χ1) is 13.8. The van der Waals surface area contributed by atoms with Crippen LogP contribution in [-0.4, -0.2) is 42.7 Å². The average Bonchev–Trinajstić information content (AvgIpc) is 2.68. The first-order valence-electron chi connectivity index (χ1n) is 10.4. The van der Waals surface area contributed by atoms with Crippen LogP contribution in [-0.2, 0) is 0 Å². The molecule has 1 aromatic carbocycles. The van der Waals surface area contributed by atoms with Crippen LogP contribution in [0.25, 0.3) is 10.9 Å². The molecule has 0 radical (unpaired) electrons. The molecule has 1 aliphatic rings. The van der Waals surface area contributed by atoms with Crippen molar-refractivity contribution in [2.24, 2.45) is 11.7 Å². The predicted octanol–water partition coefficient (Wildman–Crippen LogP) is 2.93. The lowest BCUT2D eigenvalue weighted by Crippen LogP contribution is -2.45. The number of nitrogens with one attached hydrogen (secondary N) is 2. The van der Waals surface area contributed by atoms with E-state index in [2.05, 4.69) is 29.4 Å². The van der Waals surface area contributed by atoms with Crippen molar-refractivity contribution in [1.29, 1.82) is 0 Å². The number of pyridine rings is 1. The minimum absolute atomic E-state index is 0.258. The molecule has 1 atom stereocenters. The lowest BCUT2D eigenvalue weighted by Gasteiger charge is -2.34. The summed E-state index contributed by atoms with van der Waals surface area (Å²) in [6, 6.07) is 5.34. The zero-order valence-corrected chi connectivity index (χ0v) is 17.8. The number of carbonyl (C=O) groups is 1. The van der Waals surface area contributed by atoms with Crippen LogP contribution in [0.5, 0.6) is 0 Å². The molecule has 1 amide bonds. The molecule has 0 bridgehead atoms. The van der Waals surface area contributed by atoms with Crippen molar-refractivity contribution in [3.63, 3.8) is 0 Å². The Balaban J connectivity index is 1.92. The number of carbonyl (C=O) groups excluding carboxylic acids is 1. The largest absolute Gasteiger partial charge is 0.356 e. The summed E-state index contributed by atoms with van der Waals surface area (Å²) in [5, 5.41) is 7.11. The molecule has 1 saturated heterocycles. The van der Waals surface area contributed by atoms with E-state index in [1.807, 2.05) is 0 Å². The minimum Gasteiger partial charge on any atom is -0.356 e. The standard InChI is InChI=1S/C22H32FN5O/c1-13(2)12-25-17-7-9-28(10-8-17)21-18(22(29)26-15(4)24)11-16-5-6-19(23)14(3)20(16)27-21/h5-6,11,13,15,17,25H,7-10,12,24H2,1-4H3,(H,26,29). The molecule has 2 heterocycles. The SMILES string of the molecule is Cc1c(F)ccc2cc(C(=O)NC(C)N)c(N3CCC(NCC(C)C)CC3)nc12. The number of benzene rings is 1. The van der Waals surface area contributed by atoms with Crippen molar-refractivity contribution < 1.29 is 9.18 Å². The molecule has 6 nitrogen and oxygen atoms in total.